The first-order chi connectivity index (χ1) is 10.2. The zero-order valence-electron chi connectivity index (χ0n) is 12.2. The van der Waals surface area contributed by atoms with Gasteiger partial charge in [-0.1, -0.05) is 19.1 Å². The molecule has 0 amide bonds. The highest BCUT2D eigenvalue weighted by Gasteiger charge is 2.13. The van der Waals surface area contributed by atoms with E-state index in [4.69, 9.17) is 5.26 Å². The fraction of sp³-hybridized carbons (Fsp3) is 0.312. The smallest absolute Gasteiger partial charge is 0.177 e. The minimum atomic E-state index is 0.158. The number of hydrogen-bond donors (Lipinski definition) is 1. The summed E-state index contributed by atoms with van der Waals surface area (Å²) in [6.45, 7) is 5.95. The van der Waals surface area contributed by atoms with Crippen LogP contribution in [0.25, 0.3) is 5.69 Å². The number of aryl methyl sites for hydroxylation is 1. The van der Waals surface area contributed by atoms with Crippen molar-refractivity contribution in [1.29, 1.82) is 10.5 Å². The summed E-state index contributed by atoms with van der Waals surface area (Å²) in [5.41, 5.74) is 3.55. The van der Waals surface area contributed by atoms with Crippen LogP contribution in [0.5, 0.6) is 0 Å². The van der Waals surface area contributed by atoms with Crippen LogP contribution >= 0.6 is 0 Å². The van der Waals surface area contributed by atoms with Gasteiger partial charge in [0, 0.05) is 6.54 Å². The predicted octanol–water partition coefficient (Wildman–Crippen LogP) is 2.42. The molecule has 0 saturated heterocycles. The van der Waals surface area contributed by atoms with Crippen LogP contribution in [-0.4, -0.2) is 16.1 Å². The molecule has 2 rings (SSSR count). The van der Waals surface area contributed by atoms with Crippen LogP contribution in [0, 0.1) is 29.6 Å². The first-order valence-electron chi connectivity index (χ1n) is 6.89. The molecule has 1 N–H and O–H groups in total. The van der Waals surface area contributed by atoms with E-state index in [-0.39, 0.29) is 11.4 Å². The van der Waals surface area contributed by atoms with Crippen LogP contribution in [0.15, 0.2) is 24.5 Å². The molecule has 0 unspecified atom stereocenters. The van der Waals surface area contributed by atoms with E-state index in [2.05, 4.69) is 23.3 Å². The molecular weight excluding hydrogens is 262 g/mol. The Balaban J connectivity index is 2.32. The Morgan fingerprint density at radius 3 is 2.71 bits per heavy atom. The highest BCUT2D eigenvalue weighted by Crippen LogP contribution is 2.19. The van der Waals surface area contributed by atoms with Gasteiger partial charge in [-0.15, -0.1) is 0 Å². The van der Waals surface area contributed by atoms with Crippen LogP contribution in [0.1, 0.15) is 35.9 Å². The second-order valence-corrected chi connectivity index (χ2v) is 4.83. The lowest BCUT2D eigenvalue weighted by molar-refractivity contribution is 0.675. The molecule has 0 saturated carbocycles. The Bertz CT molecular complexity index is 715. The third-order valence-electron chi connectivity index (χ3n) is 3.26. The normalized spacial score (nSPS) is 10.1. The summed E-state index contributed by atoms with van der Waals surface area (Å²) in [7, 11) is 0. The van der Waals surface area contributed by atoms with Gasteiger partial charge in [0.2, 0.25) is 0 Å². The van der Waals surface area contributed by atoms with E-state index in [0.29, 0.717) is 0 Å². The van der Waals surface area contributed by atoms with Gasteiger partial charge in [-0.25, -0.2) is 4.98 Å². The fourth-order valence-corrected chi connectivity index (χ4v) is 2.23. The van der Waals surface area contributed by atoms with Crippen LogP contribution < -0.4 is 5.32 Å². The third-order valence-corrected chi connectivity index (χ3v) is 3.26. The predicted molar refractivity (Wildman–Crippen MR) is 79.7 cm³/mol. The number of nitriles is 2. The van der Waals surface area contributed by atoms with E-state index in [9.17, 15) is 5.26 Å². The Morgan fingerprint density at radius 1 is 1.29 bits per heavy atom. The van der Waals surface area contributed by atoms with E-state index in [0.717, 1.165) is 30.8 Å². The van der Waals surface area contributed by atoms with Crippen molar-refractivity contribution in [2.45, 2.75) is 26.8 Å². The van der Waals surface area contributed by atoms with Crippen LogP contribution in [0.4, 0.5) is 0 Å². The van der Waals surface area contributed by atoms with Crippen LogP contribution in [0.2, 0.25) is 0 Å². The van der Waals surface area contributed by atoms with Crippen molar-refractivity contribution in [2.24, 2.45) is 0 Å². The van der Waals surface area contributed by atoms with Crippen molar-refractivity contribution in [2.75, 3.05) is 6.54 Å². The van der Waals surface area contributed by atoms with Gasteiger partial charge >= 0.3 is 0 Å². The van der Waals surface area contributed by atoms with Crippen molar-refractivity contribution < 1.29 is 0 Å². The van der Waals surface area contributed by atoms with E-state index in [1.54, 1.807) is 4.57 Å². The van der Waals surface area contributed by atoms with Gasteiger partial charge in [0.05, 0.1) is 5.69 Å². The van der Waals surface area contributed by atoms with Gasteiger partial charge in [0.25, 0.3) is 0 Å². The molecule has 0 spiro atoms. The quantitative estimate of drug-likeness (QED) is 0.853. The number of rotatable bonds is 5. The highest BCUT2D eigenvalue weighted by atomic mass is 15.1. The first kappa shape index (κ1) is 14.8. The lowest BCUT2D eigenvalue weighted by atomic mass is 10.1. The standard InChI is InChI=1S/C16H17N5/c1-3-6-19-10-13-4-5-15(12(2)7-13)21-11-20-14(8-17)16(21)9-18/h4-5,7,11,19H,3,6,10H2,1-2H3. The molecular formula is C16H17N5. The minimum absolute atomic E-state index is 0.158. The molecule has 106 valence electrons. The fourth-order valence-electron chi connectivity index (χ4n) is 2.23. The molecule has 1 aromatic heterocycles. The molecule has 0 fully saturated rings. The van der Waals surface area contributed by atoms with Crippen molar-refractivity contribution in [1.82, 2.24) is 14.9 Å². The summed E-state index contributed by atoms with van der Waals surface area (Å²) in [6.07, 6.45) is 2.63. The first-order valence-corrected chi connectivity index (χ1v) is 6.89. The van der Waals surface area contributed by atoms with E-state index < -0.39 is 0 Å². The summed E-state index contributed by atoms with van der Waals surface area (Å²) >= 11 is 0. The van der Waals surface area contributed by atoms with Crippen LogP contribution in [0.3, 0.4) is 0 Å². The zero-order chi connectivity index (χ0) is 15.2. The average Bonchev–Trinajstić information content (AvgIpc) is 2.90. The van der Waals surface area contributed by atoms with Gasteiger partial charge in [-0.3, -0.25) is 4.57 Å². The summed E-state index contributed by atoms with van der Waals surface area (Å²) in [4.78, 5) is 3.97. The molecule has 0 atom stereocenters. The van der Waals surface area contributed by atoms with Crippen molar-refractivity contribution in [3.8, 4) is 17.8 Å². The summed E-state index contributed by atoms with van der Waals surface area (Å²) in [5, 5.41) is 21.5. The Labute approximate surface area is 124 Å². The molecule has 0 aliphatic rings. The highest BCUT2D eigenvalue weighted by molar-refractivity contribution is 5.49. The second-order valence-electron chi connectivity index (χ2n) is 4.83. The van der Waals surface area contributed by atoms with E-state index in [1.807, 2.05) is 31.2 Å². The largest absolute Gasteiger partial charge is 0.313 e. The number of nitrogens with one attached hydrogen (secondary N) is 1. The summed E-state index contributed by atoms with van der Waals surface area (Å²) in [6, 6.07) is 10.1. The monoisotopic (exact) mass is 279 g/mol. The van der Waals surface area contributed by atoms with Gasteiger partial charge in [0.15, 0.2) is 11.4 Å². The molecule has 0 aliphatic heterocycles. The minimum Gasteiger partial charge on any atom is -0.313 e. The number of benzene rings is 1. The summed E-state index contributed by atoms with van der Waals surface area (Å²) in [5.74, 6) is 0. The molecule has 0 bridgehead atoms. The van der Waals surface area contributed by atoms with Gasteiger partial charge in [-0.2, -0.15) is 10.5 Å². The topological polar surface area (TPSA) is 77.4 Å². The lowest BCUT2D eigenvalue weighted by Gasteiger charge is -2.10. The Hall–Kier alpha value is -2.63. The van der Waals surface area contributed by atoms with Crippen molar-refractivity contribution >= 4 is 0 Å². The average molecular weight is 279 g/mol. The number of imidazole rings is 1. The lowest BCUT2D eigenvalue weighted by Crippen LogP contribution is -2.14. The maximum atomic E-state index is 9.20. The Kier molecular flexibility index (Phi) is 4.71. The number of aromatic nitrogens is 2. The molecule has 5 nitrogen and oxygen atoms in total. The maximum Gasteiger partial charge on any atom is 0.177 e. The molecule has 1 heterocycles. The molecule has 1 aromatic carbocycles. The molecule has 0 aliphatic carbocycles. The zero-order valence-corrected chi connectivity index (χ0v) is 12.2. The third kappa shape index (κ3) is 3.10. The summed E-state index contributed by atoms with van der Waals surface area (Å²) < 4.78 is 1.66. The molecule has 21 heavy (non-hydrogen) atoms. The molecule has 2 aromatic rings. The SMILES string of the molecule is CCCNCc1ccc(-n2cnc(C#N)c2C#N)c(C)c1. The van der Waals surface area contributed by atoms with Gasteiger partial charge < -0.3 is 5.32 Å². The maximum absolute atomic E-state index is 9.20. The molecule has 5 heteroatoms. The number of hydrogen-bond acceptors (Lipinski definition) is 4. The van der Waals surface area contributed by atoms with Gasteiger partial charge in [-0.05, 0) is 37.1 Å². The van der Waals surface area contributed by atoms with Crippen molar-refractivity contribution in [3.05, 3.63) is 47.0 Å². The van der Waals surface area contributed by atoms with E-state index in [1.165, 1.54) is 11.9 Å². The van der Waals surface area contributed by atoms with Gasteiger partial charge in [0.1, 0.15) is 18.5 Å². The number of nitrogens with zero attached hydrogens (tertiary/aromatic N) is 4. The molecule has 0 radical (unpaired) electrons. The van der Waals surface area contributed by atoms with E-state index >= 15 is 0 Å². The van der Waals surface area contributed by atoms with Crippen LogP contribution in [-0.2, 0) is 6.54 Å². The Morgan fingerprint density at radius 2 is 2.10 bits per heavy atom. The second kappa shape index (κ2) is 6.69. The van der Waals surface area contributed by atoms with Crippen molar-refractivity contribution in [3.63, 3.8) is 0 Å².